The summed E-state index contributed by atoms with van der Waals surface area (Å²) in [5, 5.41) is 12.0. The molecule has 0 aromatic rings. The van der Waals surface area contributed by atoms with Gasteiger partial charge in [-0.05, 0) is 19.3 Å². The van der Waals surface area contributed by atoms with Crippen molar-refractivity contribution < 1.29 is 19.4 Å². The summed E-state index contributed by atoms with van der Waals surface area (Å²) in [5.41, 5.74) is 0. The van der Waals surface area contributed by atoms with Gasteiger partial charge >= 0.3 is 5.97 Å². The van der Waals surface area contributed by atoms with E-state index in [-0.39, 0.29) is 18.6 Å². The predicted molar refractivity (Wildman–Crippen MR) is 64.2 cm³/mol. The summed E-state index contributed by atoms with van der Waals surface area (Å²) in [7, 11) is 0. The zero-order valence-corrected chi connectivity index (χ0v) is 10.4. The van der Waals surface area contributed by atoms with Gasteiger partial charge in [0.1, 0.15) is 6.61 Å². The first kappa shape index (κ1) is 13.3. The topological polar surface area (TPSA) is 78.9 Å². The van der Waals surface area contributed by atoms with E-state index in [4.69, 9.17) is 9.84 Å². The molecule has 0 spiro atoms. The van der Waals surface area contributed by atoms with Crippen LogP contribution in [0.1, 0.15) is 19.3 Å². The lowest BCUT2D eigenvalue weighted by atomic mass is 9.98. The normalized spacial score (nSPS) is 28.3. The number of nitrogens with zero attached hydrogens (tertiary/aromatic N) is 1. The number of carboxylic acids is 1. The molecule has 2 aliphatic heterocycles. The number of likely N-dealkylation sites (tertiary alicyclic amines) is 1. The van der Waals surface area contributed by atoms with E-state index in [1.54, 1.807) is 0 Å². The Labute approximate surface area is 106 Å². The summed E-state index contributed by atoms with van der Waals surface area (Å²) in [6.07, 6.45) is 2.44. The largest absolute Gasteiger partial charge is 0.481 e. The van der Waals surface area contributed by atoms with Gasteiger partial charge in [0.2, 0.25) is 5.91 Å². The van der Waals surface area contributed by atoms with Crippen LogP contribution in [0.2, 0.25) is 0 Å². The summed E-state index contributed by atoms with van der Waals surface area (Å²) in [5.74, 6) is -1.20. The Hall–Kier alpha value is -1.14. The Bertz CT molecular complexity index is 315. The molecule has 2 fully saturated rings. The van der Waals surface area contributed by atoms with E-state index in [2.05, 4.69) is 5.32 Å². The summed E-state index contributed by atoms with van der Waals surface area (Å²) in [4.78, 5) is 24.5. The highest BCUT2D eigenvalue weighted by molar-refractivity contribution is 5.77. The Morgan fingerprint density at radius 1 is 1.28 bits per heavy atom. The van der Waals surface area contributed by atoms with Gasteiger partial charge in [0.05, 0.1) is 12.0 Å². The van der Waals surface area contributed by atoms with Crippen molar-refractivity contribution in [3.05, 3.63) is 0 Å². The van der Waals surface area contributed by atoms with Gasteiger partial charge in [-0.3, -0.25) is 9.59 Å². The smallest absolute Gasteiger partial charge is 0.307 e. The van der Waals surface area contributed by atoms with Crippen LogP contribution in [0, 0.1) is 5.92 Å². The van der Waals surface area contributed by atoms with Gasteiger partial charge in [0.25, 0.3) is 0 Å². The van der Waals surface area contributed by atoms with E-state index in [1.165, 1.54) is 0 Å². The number of nitrogens with one attached hydrogen (secondary N) is 1. The molecule has 18 heavy (non-hydrogen) atoms. The predicted octanol–water partition coefficient (Wildman–Crippen LogP) is -0.312. The van der Waals surface area contributed by atoms with Crippen molar-refractivity contribution >= 4 is 11.9 Å². The number of amides is 1. The standard InChI is InChI=1S/C12H20N2O4/c15-11(14-3-1-2-4-14)8-18-10-5-9(12(16)17)6-13-7-10/h9-10,13H,1-8H2,(H,16,17). The molecule has 0 aromatic heterocycles. The zero-order chi connectivity index (χ0) is 13.0. The SMILES string of the molecule is O=C(O)C1CNCC(OCC(=O)N2CCCC2)C1. The zero-order valence-electron chi connectivity index (χ0n) is 10.4. The monoisotopic (exact) mass is 256 g/mol. The summed E-state index contributed by atoms with van der Waals surface area (Å²) >= 11 is 0. The summed E-state index contributed by atoms with van der Waals surface area (Å²) in [6, 6.07) is 0. The summed E-state index contributed by atoms with van der Waals surface area (Å²) in [6.45, 7) is 2.82. The first-order chi connectivity index (χ1) is 8.66. The Balaban J connectivity index is 1.72. The number of aliphatic carboxylic acids is 1. The van der Waals surface area contributed by atoms with Crippen molar-refractivity contribution in [2.75, 3.05) is 32.8 Å². The molecule has 6 nitrogen and oxygen atoms in total. The third kappa shape index (κ3) is 3.43. The molecule has 2 aliphatic rings. The van der Waals surface area contributed by atoms with Crippen molar-refractivity contribution in [3.8, 4) is 0 Å². The molecule has 0 aliphatic carbocycles. The molecule has 2 atom stereocenters. The molecular formula is C12H20N2O4. The Morgan fingerprint density at radius 2 is 2.00 bits per heavy atom. The average Bonchev–Trinajstić information content (AvgIpc) is 2.90. The fourth-order valence-electron chi connectivity index (χ4n) is 2.46. The molecule has 102 valence electrons. The lowest BCUT2D eigenvalue weighted by Gasteiger charge is -2.28. The van der Waals surface area contributed by atoms with Crippen LogP contribution in [0.25, 0.3) is 0 Å². The lowest BCUT2D eigenvalue weighted by Crippen LogP contribution is -2.44. The third-order valence-electron chi connectivity index (χ3n) is 3.56. The Kier molecular flexibility index (Phi) is 4.54. The number of piperidine rings is 1. The van der Waals surface area contributed by atoms with Gasteiger partial charge in [-0.2, -0.15) is 0 Å². The molecule has 2 saturated heterocycles. The second kappa shape index (κ2) is 6.15. The van der Waals surface area contributed by atoms with Crippen molar-refractivity contribution in [2.45, 2.75) is 25.4 Å². The number of carboxylic acid groups (broad SMARTS) is 1. The van der Waals surface area contributed by atoms with Gasteiger partial charge in [-0.25, -0.2) is 0 Å². The van der Waals surface area contributed by atoms with Crippen LogP contribution < -0.4 is 5.32 Å². The second-order valence-corrected chi connectivity index (χ2v) is 4.95. The molecule has 0 saturated carbocycles. The highest BCUT2D eigenvalue weighted by atomic mass is 16.5. The van der Waals surface area contributed by atoms with Gasteiger partial charge in [-0.1, -0.05) is 0 Å². The minimum absolute atomic E-state index is 0.0185. The van der Waals surface area contributed by atoms with Crippen LogP contribution in [0.15, 0.2) is 0 Å². The van der Waals surface area contributed by atoms with E-state index in [0.29, 0.717) is 19.5 Å². The van der Waals surface area contributed by atoms with Crippen LogP contribution in [0.4, 0.5) is 0 Å². The van der Waals surface area contributed by atoms with E-state index in [0.717, 1.165) is 25.9 Å². The van der Waals surface area contributed by atoms with E-state index in [1.807, 2.05) is 4.90 Å². The fraction of sp³-hybridized carbons (Fsp3) is 0.833. The second-order valence-electron chi connectivity index (χ2n) is 4.95. The molecule has 0 bridgehead atoms. The summed E-state index contributed by atoms with van der Waals surface area (Å²) < 4.78 is 5.52. The number of hydrogen-bond acceptors (Lipinski definition) is 4. The van der Waals surface area contributed by atoms with Crippen molar-refractivity contribution in [3.63, 3.8) is 0 Å². The van der Waals surface area contributed by atoms with E-state index in [9.17, 15) is 9.59 Å². The Morgan fingerprint density at radius 3 is 2.67 bits per heavy atom. The van der Waals surface area contributed by atoms with Gasteiger partial charge in [-0.15, -0.1) is 0 Å². The average molecular weight is 256 g/mol. The van der Waals surface area contributed by atoms with Crippen molar-refractivity contribution in [1.82, 2.24) is 10.2 Å². The number of rotatable bonds is 4. The molecule has 2 rings (SSSR count). The first-order valence-electron chi connectivity index (χ1n) is 6.49. The number of carbonyl (C=O) groups excluding carboxylic acids is 1. The fourth-order valence-corrected chi connectivity index (χ4v) is 2.46. The maximum absolute atomic E-state index is 11.8. The molecule has 1 amide bonds. The molecule has 2 heterocycles. The van der Waals surface area contributed by atoms with Crippen molar-refractivity contribution in [1.29, 1.82) is 0 Å². The van der Waals surface area contributed by atoms with Crippen LogP contribution >= 0.6 is 0 Å². The third-order valence-corrected chi connectivity index (χ3v) is 3.56. The lowest BCUT2D eigenvalue weighted by molar-refractivity contribution is -0.145. The molecule has 0 aromatic carbocycles. The van der Waals surface area contributed by atoms with Gasteiger partial charge in [0, 0.05) is 26.2 Å². The number of hydrogen-bond donors (Lipinski definition) is 2. The van der Waals surface area contributed by atoms with E-state index < -0.39 is 11.9 Å². The number of carbonyl (C=O) groups is 2. The maximum atomic E-state index is 11.8. The van der Waals surface area contributed by atoms with Crippen LogP contribution in [0.5, 0.6) is 0 Å². The van der Waals surface area contributed by atoms with E-state index >= 15 is 0 Å². The first-order valence-corrected chi connectivity index (χ1v) is 6.49. The van der Waals surface area contributed by atoms with Crippen molar-refractivity contribution in [2.24, 2.45) is 5.92 Å². The molecular weight excluding hydrogens is 236 g/mol. The van der Waals surface area contributed by atoms with Crippen LogP contribution in [0.3, 0.4) is 0 Å². The van der Waals surface area contributed by atoms with Crippen LogP contribution in [-0.4, -0.2) is 60.8 Å². The quantitative estimate of drug-likeness (QED) is 0.721. The minimum atomic E-state index is -0.804. The van der Waals surface area contributed by atoms with Gasteiger partial charge in [0.15, 0.2) is 0 Å². The molecule has 0 radical (unpaired) electrons. The van der Waals surface area contributed by atoms with Gasteiger partial charge < -0.3 is 20.1 Å². The molecule has 2 N–H and O–H groups in total. The molecule has 2 unspecified atom stereocenters. The highest BCUT2D eigenvalue weighted by Gasteiger charge is 2.28. The maximum Gasteiger partial charge on any atom is 0.307 e. The highest BCUT2D eigenvalue weighted by Crippen LogP contribution is 2.14. The minimum Gasteiger partial charge on any atom is -0.481 e. The number of ether oxygens (including phenoxy) is 1. The molecule has 6 heteroatoms. The van der Waals surface area contributed by atoms with Crippen LogP contribution in [-0.2, 0) is 14.3 Å².